The summed E-state index contributed by atoms with van der Waals surface area (Å²) in [6.45, 7) is 9.34. The van der Waals surface area contributed by atoms with Gasteiger partial charge >= 0.3 is 0 Å². The zero-order valence-electron chi connectivity index (χ0n) is 22.7. The maximum absolute atomic E-state index is 13.2. The van der Waals surface area contributed by atoms with Gasteiger partial charge in [0.1, 0.15) is 18.1 Å². The Morgan fingerprint density at radius 3 is 2.26 bits per heavy atom. The fraction of sp³-hybridized carbons (Fsp3) is 0.312. The minimum Gasteiger partial charge on any atom is -0.507 e. The molecule has 3 aromatic rings. The lowest BCUT2D eigenvalue weighted by molar-refractivity contribution is -0.140. The number of ether oxygens (including phenoxy) is 2. The van der Waals surface area contributed by atoms with Crippen LogP contribution in [0.2, 0.25) is 0 Å². The van der Waals surface area contributed by atoms with Crippen molar-refractivity contribution in [2.45, 2.75) is 45.8 Å². The normalized spacial score (nSPS) is 17.2. The van der Waals surface area contributed by atoms with Gasteiger partial charge in [0.15, 0.2) is 0 Å². The average Bonchev–Trinajstić information content (AvgIpc) is 3.15. The minimum absolute atomic E-state index is 0.0421. The van der Waals surface area contributed by atoms with Crippen LogP contribution in [0.15, 0.2) is 78.4 Å². The van der Waals surface area contributed by atoms with E-state index in [0.717, 1.165) is 22.3 Å². The third-order valence-electron chi connectivity index (χ3n) is 6.78. The SMILES string of the molecule is COCCN1C(=O)C(=O)/C(=C(\O)c2ccc(OCc3cccc(C)c3)cc2)C1c1ccc(C(C)(C)C)cc1. The first kappa shape index (κ1) is 27.1. The molecule has 4 rings (SSSR count). The van der Waals surface area contributed by atoms with E-state index in [1.54, 1.807) is 31.4 Å². The van der Waals surface area contributed by atoms with Crippen LogP contribution in [0.25, 0.3) is 5.76 Å². The predicted molar refractivity (Wildman–Crippen MR) is 148 cm³/mol. The molecule has 0 radical (unpaired) electrons. The lowest BCUT2D eigenvalue weighted by Gasteiger charge is -2.26. The molecule has 1 heterocycles. The molecule has 1 N–H and O–H groups in total. The van der Waals surface area contributed by atoms with Crippen molar-refractivity contribution in [2.24, 2.45) is 0 Å². The van der Waals surface area contributed by atoms with Crippen molar-refractivity contribution in [2.75, 3.05) is 20.3 Å². The highest BCUT2D eigenvalue weighted by Gasteiger charge is 2.45. The number of rotatable bonds is 8. The number of carbonyl (C=O) groups excluding carboxylic acids is 2. The van der Waals surface area contributed by atoms with Gasteiger partial charge in [-0.25, -0.2) is 0 Å². The summed E-state index contributed by atoms with van der Waals surface area (Å²) in [7, 11) is 1.55. The Morgan fingerprint density at radius 1 is 0.974 bits per heavy atom. The Morgan fingerprint density at radius 2 is 1.66 bits per heavy atom. The maximum Gasteiger partial charge on any atom is 0.295 e. The van der Waals surface area contributed by atoms with Gasteiger partial charge in [-0.2, -0.15) is 0 Å². The molecule has 1 fully saturated rings. The van der Waals surface area contributed by atoms with Gasteiger partial charge in [-0.1, -0.05) is 74.9 Å². The zero-order chi connectivity index (χ0) is 27.4. The molecule has 3 aromatic carbocycles. The number of hydrogen-bond acceptors (Lipinski definition) is 5. The fourth-order valence-corrected chi connectivity index (χ4v) is 4.65. The molecule has 1 atom stereocenters. The number of aryl methyl sites for hydroxylation is 1. The summed E-state index contributed by atoms with van der Waals surface area (Å²) in [4.78, 5) is 27.7. The zero-order valence-corrected chi connectivity index (χ0v) is 22.7. The summed E-state index contributed by atoms with van der Waals surface area (Å²) in [5.74, 6) is -0.925. The number of nitrogens with zero attached hydrogens (tertiary/aromatic N) is 1. The van der Waals surface area contributed by atoms with Gasteiger partial charge in [-0.05, 0) is 53.3 Å². The largest absolute Gasteiger partial charge is 0.507 e. The number of carbonyl (C=O) groups is 2. The standard InChI is InChI=1S/C32H35NO5/c1-21-7-6-8-22(19-21)20-38-26-15-11-24(12-16-26)29(34)27-28(33(17-18-37-5)31(36)30(27)35)23-9-13-25(14-10-23)32(2,3)4/h6-16,19,28,34H,17-18,20H2,1-5H3/b29-27-. The highest BCUT2D eigenvalue weighted by Crippen LogP contribution is 2.40. The lowest BCUT2D eigenvalue weighted by atomic mass is 9.85. The van der Waals surface area contributed by atoms with Gasteiger partial charge in [0.05, 0.1) is 18.2 Å². The number of hydrogen-bond donors (Lipinski definition) is 1. The Bertz CT molecular complexity index is 1330. The minimum atomic E-state index is -0.712. The van der Waals surface area contributed by atoms with E-state index in [-0.39, 0.29) is 29.9 Å². The molecule has 0 bridgehead atoms. The van der Waals surface area contributed by atoms with Crippen LogP contribution in [0.5, 0.6) is 5.75 Å². The molecule has 1 saturated heterocycles. The van der Waals surface area contributed by atoms with E-state index in [2.05, 4.69) is 26.8 Å². The molecule has 0 aromatic heterocycles. The number of likely N-dealkylation sites (tertiary alicyclic amines) is 1. The van der Waals surface area contributed by atoms with Crippen LogP contribution in [0, 0.1) is 6.92 Å². The molecule has 0 aliphatic carbocycles. The van der Waals surface area contributed by atoms with E-state index < -0.39 is 17.7 Å². The molecule has 198 valence electrons. The van der Waals surface area contributed by atoms with Crippen molar-refractivity contribution in [3.8, 4) is 5.75 Å². The van der Waals surface area contributed by atoms with Gasteiger partial charge in [0.2, 0.25) is 0 Å². The van der Waals surface area contributed by atoms with Crippen molar-refractivity contribution < 1.29 is 24.2 Å². The first-order chi connectivity index (χ1) is 18.1. The number of benzene rings is 3. The Balaban J connectivity index is 1.65. The van der Waals surface area contributed by atoms with Gasteiger partial charge in [0, 0.05) is 19.2 Å². The van der Waals surface area contributed by atoms with Gasteiger partial charge in [-0.15, -0.1) is 0 Å². The number of aliphatic hydroxyl groups excluding tert-OH is 1. The average molecular weight is 514 g/mol. The number of Topliss-reactive ketones (excluding diaryl/α,β-unsaturated/α-hetero) is 1. The van der Waals surface area contributed by atoms with Gasteiger partial charge in [-0.3, -0.25) is 9.59 Å². The maximum atomic E-state index is 13.2. The first-order valence-corrected chi connectivity index (χ1v) is 12.8. The van der Waals surface area contributed by atoms with Crippen molar-refractivity contribution >= 4 is 17.4 Å². The molecule has 0 saturated carbocycles. The van der Waals surface area contributed by atoms with Crippen molar-refractivity contribution in [1.82, 2.24) is 4.90 Å². The smallest absolute Gasteiger partial charge is 0.295 e. The summed E-state index contributed by atoms with van der Waals surface area (Å²) in [5.41, 5.74) is 4.59. The van der Waals surface area contributed by atoms with E-state index in [0.29, 0.717) is 17.9 Å². The predicted octanol–water partition coefficient (Wildman–Crippen LogP) is 5.94. The second-order valence-electron chi connectivity index (χ2n) is 10.7. The molecule has 1 aliphatic rings. The first-order valence-electron chi connectivity index (χ1n) is 12.8. The molecular weight excluding hydrogens is 478 g/mol. The molecule has 1 aliphatic heterocycles. The topological polar surface area (TPSA) is 76.1 Å². The number of ketones is 1. The van der Waals surface area contributed by atoms with E-state index in [1.165, 1.54) is 4.90 Å². The second-order valence-corrected chi connectivity index (χ2v) is 10.7. The van der Waals surface area contributed by atoms with Crippen LogP contribution >= 0.6 is 0 Å². The molecule has 0 spiro atoms. The lowest BCUT2D eigenvalue weighted by Crippen LogP contribution is -2.32. The van der Waals surface area contributed by atoms with Crippen LogP contribution in [-0.2, 0) is 26.3 Å². The monoisotopic (exact) mass is 513 g/mol. The summed E-state index contributed by atoms with van der Waals surface area (Å²) >= 11 is 0. The highest BCUT2D eigenvalue weighted by molar-refractivity contribution is 6.46. The van der Waals surface area contributed by atoms with E-state index in [9.17, 15) is 14.7 Å². The molecule has 6 nitrogen and oxygen atoms in total. The summed E-state index contributed by atoms with van der Waals surface area (Å²) in [6, 6.07) is 22.1. The molecule has 38 heavy (non-hydrogen) atoms. The van der Waals surface area contributed by atoms with Crippen LogP contribution in [0.1, 0.15) is 54.6 Å². The summed E-state index contributed by atoms with van der Waals surface area (Å²) < 4.78 is 11.1. The van der Waals surface area contributed by atoms with Crippen molar-refractivity contribution in [1.29, 1.82) is 0 Å². The van der Waals surface area contributed by atoms with Crippen LogP contribution in [0.3, 0.4) is 0 Å². The van der Waals surface area contributed by atoms with E-state index in [4.69, 9.17) is 9.47 Å². The molecule has 1 unspecified atom stereocenters. The third kappa shape index (κ3) is 5.81. The van der Waals surface area contributed by atoms with Gasteiger partial charge in [0.25, 0.3) is 11.7 Å². The summed E-state index contributed by atoms with van der Waals surface area (Å²) in [6.07, 6.45) is 0. The van der Waals surface area contributed by atoms with Crippen LogP contribution < -0.4 is 4.74 Å². The second kappa shape index (κ2) is 11.2. The van der Waals surface area contributed by atoms with Crippen molar-refractivity contribution in [3.05, 3.63) is 106 Å². The van der Waals surface area contributed by atoms with Crippen molar-refractivity contribution in [3.63, 3.8) is 0 Å². The van der Waals surface area contributed by atoms with E-state index in [1.807, 2.05) is 49.4 Å². The third-order valence-corrected chi connectivity index (χ3v) is 6.78. The Kier molecular flexibility index (Phi) is 8.02. The number of aliphatic hydroxyl groups is 1. The van der Waals surface area contributed by atoms with E-state index >= 15 is 0 Å². The molecule has 1 amide bonds. The Hall–Kier alpha value is -3.90. The quantitative estimate of drug-likeness (QED) is 0.229. The van der Waals surface area contributed by atoms with Crippen LogP contribution in [-0.4, -0.2) is 42.0 Å². The summed E-state index contributed by atoms with van der Waals surface area (Å²) in [5, 5.41) is 11.3. The number of amides is 1. The molecular formula is C32H35NO5. The molecule has 6 heteroatoms. The fourth-order valence-electron chi connectivity index (χ4n) is 4.65. The number of methoxy groups -OCH3 is 1. The Labute approximate surface area is 224 Å². The van der Waals surface area contributed by atoms with Crippen LogP contribution in [0.4, 0.5) is 0 Å². The van der Waals surface area contributed by atoms with Gasteiger partial charge < -0.3 is 19.5 Å². The highest BCUT2D eigenvalue weighted by atomic mass is 16.5.